The van der Waals surface area contributed by atoms with Crippen LogP contribution in [0.2, 0.25) is 0 Å². The summed E-state index contributed by atoms with van der Waals surface area (Å²) in [5, 5.41) is 8.17. The zero-order valence-corrected chi connectivity index (χ0v) is 10.9. The van der Waals surface area contributed by atoms with Crippen LogP contribution in [0.1, 0.15) is 13.3 Å². The third kappa shape index (κ3) is 3.01. The minimum Gasteiger partial charge on any atom is -0.449 e. The van der Waals surface area contributed by atoms with Crippen LogP contribution in [-0.2, 0) is 16.1 Å². The van der Waals surface area contributed by atoms with Crippen molar-refractivity contribution in [3.05, 3.63) is 34.6 Å². The Labute approximate surface area is 115 Å². The van der Waals surface area contributed by atoms with Gasteiger partial charge in [0.05, 0.1) is 18.4 Å². The molecule has 6 heteroatoms. The molecule has 20 heavy (non-hydrogen) atoms. The summed E-state index contributed by atoms with van der Waals surface area (Å²) in [5.74, 6) is 1.82. The molecule has 0 unspecified atom stereocenters. The van der Waals surface area contributed by atoms with Gasteiger partial charge in [-0.3, -0.25) is 9.59 Å². The van der Waals surface area contributed by atoms with E-state index in [1.54, 1.807) is 31.2 Å². The maximum Gasteiger partial charge on any atom is 0.308 e. The molecule has 0 saturated heterocycles. The number of aromatic nitrogens is 3. The lowest BCUT2D eigenvalue weighted by Crippen LogP contribution is -2.26. The van der Waals surface area contributed by atoms with Crippen LogP contribution in [0.25, 0.3) is 10.9 Å². The fourth-order valence-electron chi connectivity index (χ4n) is 1.66. The minimum absolute atomic E-state index is 0.0128. The highest BCUT2D eigenvalue weighted by Crippen LogP contribution is 2.03. The monoisotopic (exact) mass is 271 g/mol. The molecule has 0 spiro atoms. The third-order valence-corrected chi connectivity index (χ3v) is 2.70. The van der Waals surface area contributed by atoms with Crippen molar-refractivity contribution in [1.29, 1.82) is 0 Å². The van der Waals surface area contributed by atoms with Gasteiger partial charge in [0.15, 0.2) is 6.10 Å². The summed E-state index contributed by atoms with van der Waals surface area (Å²) in [5.41, 5.74) is 0.241. The van der Waals surface area contributed by atoms with Crippen molar-refractivity contribution < 1.29 is 9.53 Å². The summed E-state index contributed by atoms with van der Waals surface area (Å²) in [6, 6.07) is 6.90. The van der Waals surface area contributed by atoms with Crippen LogP contribution >= 0.6 is 0 Å². The number of terminal acetylenes is 1. The topological polar surface area (TPSA) is 74.1 Å². The highest BCUT2D eigenvalue weighted by Gasteiger charge is 2.10. The van der Waals surface area contributed by atoms with E-state index in [1.807, 2.05) is 0 Å². The molecule has 2 rings (SSSR count). The Balaban J connectivity index is 2.11. The Morgan fingerprint density at radius 3 is 3.00 bits per heavy atom. The van der Waals surface area contributed by atoms with Crippen LogP contribution in [0.4, 0.5) is 0 Å². The van der Waals surface area contributed by atoms with E-state index in [4.69, 9.17) is 11.2 Å². The summed E-state index contributed by atoms with van der Waals surface area (Å²) >= 11 is 0. The molecule has 1 atom stereocenters. The zero-order chi connectivity index (χ0) is 14.5. The first kappa shape index (κ1) is 13.7. The first-order valence-electron chi connectivity index (χ1n) is 6.10. The normalized spacial score (nSPS) is 11.8. The molecule has 0 fully saturated rings. The van der Waals surface area contributed by atoms with E-state index in [-0.39, 0.29) is 18.5 Å². The Morgan fingerprint density at radius 2 is 2.25 bits per heavy atom. The number of hydrogen-bond donors (Lipinski definition) is 0. The first-order chi connectivity index (χ1) is 9.61. The smallest absolute Gasteiger partial charge is 0.308 e. The zero-order valence-electron chi connectivity index (χ0n) is 10.9. The van der Waals surface area contributed by atoms with E-state index < -0.39 is 12.1 Å². The van der Waals surface area contributed by atoms with Crippen LogP contribution in [0.3, 0.4) is 0 Å². The average molecular weight is 271 g/mol. The highest BCUT2D eigenvalue weighted by atomic mass is 16.5. The van der Waals surface area contributed by atoms with Crippen LogP contribution in [0, 0.1) is 12.3 Å². The molecule has 0 N–H and O–H groups in total. The molecule has 0 radical (unpaired) electrons. The second kappa shape index (κ2) is 5.97. The van der Waals surface area contributed by atoms with E-state index in [1.165, 1.54) is 0 Å². The van der Waals surface area contributed by atoms with Gasteiger partial charge in [0, 0.05) is 0 Å². The number of fused-ring (bicyclic) bond motifs is 1. The predicted octanol–water partition coefficient (Wildman–Crippen LogP) is 0.747. The van der Waals surface area contributed by atoms with Crippen molar-refractivity contribution >= 4 is 16.9 Å². The Hall–Kier alpha value is -2.68. The van der Waals surface area contributed by atoms with Gasteiger partial charge >= 0.3 is 5.97 Å². The molecule has 0 aliphatic heterocycles. The Kier molecular flexibility index (Phi) is 4.11. The van der Waals surface area contributed by atoms with Gasteiger partial charge in [-0.1, -0.05) is 23.3 Å². The molecule has 1 aromatic heterocycles. The molecule has 0 amide bonds. The molecule has 1 aromatic carbocycles. The Morgan fingerprint density at radius 1 is 1.50 bits per heavy atom. The fraction of sp³-hybridized carbons (Fsp3) is 0.286. The molecule has 1 heterocycles. The summed E-state index contributed by atoms with van der Waals surface area (Å²) in [4.78, 5) is 23.6. The van der Waals surface area contributed by atoms with Crippen molar-refractivity contribution in [2.24, 2.45) is 0 Å². The van der Waals surface area contributed by atoms with Crippen molar-refractivity contribution in [1.82, 2.24) is 15.0 Å². The number of rotatable bonds is 4. The number of hydrogen-bond acceptors (Lipinski definition) is 5. The van der Waals surface area contributed by atoms with Crippen LogP contribution in [0.5, 0.6) is 0 Å². The van der Waals surface area contributed by atoms with E-state index in [0.717, 1.165) is 4.68 Å². The van der Waals surface area contributed by atoms with Crippen molar-refractivity contribution in [3.8, 4) is 12.3 Å². The third-order valence-electron chi connectivity index (χ3n) is 2.70. The second-order valence-corrected chi connectivity index (χ2v) is 4.18. The van der Waals surface area contributed by atoms with Crippen LogP contribution in [-0.4, -0.2) is 27.1 Å². The van der Waals surface area contributed by atoms with Gasteiger partial charge in [-0.25, -0.2) is 4.68 Å². The number of carbonyl (C=O) groups excluding carboxylic acids is 1. The quantitative estimate of drug-likeness (QED) is 0.606. The first-order valence-corrected chi connectivity index (χ1v) is 6.10. The average Bonchev–Trinajstić information content (AvgIpc) is 2.46. The minimum atomic E-state index is -0.582. The molecule has 102 valence electrons. The molecule has 0 saturated carbocycles. The number of carbonyl (C=O) groups is 1. The summed E-state index contributed by atoms with van der Waals surface area (Å²) in [6.45, 7) is 1.70. The summed E-state index contributed by atoms with van der Waals surface area (Å²) < 4.78 is 6.05. The van der Waals surface area contributed by atoms with E-state index in [2.05, 4.69) is 16.2 Å². The lowest BCUT2D eigenvalue weighted by Gasteiger charge is -2.07. The summed E-state index contributed by atoms with van der Waals surface area (Å²) in [6.07, 6.45) is 4.54. The summed E-state index contributed by atoms with van der Waals surface area (Å²) in [7, 11) is 0. The molecule has 0 aliphatic carbocycles. The number of aryl methyl sites for hydroxylation is 1. The predicted molar refractivity (Wildman–Crippen MR) is 72.8 cm³/mol. The number of benzene rings is 1. The van der Waals surface area contributed by atoms with Gasteiger partial charge in [-0.2, -0.15) is 0 Å². The van der Waals surface area contributed by atoms with Gasteiger partial charge in [0.25, 0.3) is 5.56 Å². The fourth-order valence-corrected chi connectivity index (χ4v) is 1.66. The standard InChI is InChI=1S/C14H13N3O3/c1-3-10(2)20-13(18)8-9-17-14(19)11-6-4-5-7-12(11)15-16-17/h1,4-7,10H,8-9H2,2H3/t10-/m0/s1. The van der Waals surface area contributed by atoms with E-state index in [9.17, 15) is 9.59 Å². The number of nitrogens with zero attached hydrogens (tertiary/aromatic N) is 3. The lowest BCUT2D eigenvalue weighted by molar-refractivity contribution is -0.146. The van der Waals surface area contributed by atoms with Gasteiger partial charge in [0.1, 0.15) is 5.52 Å². The number of esters is 1. The van der Waals surface area contributed by atoms with Gasteiger partial charge in [-0.05, 0) is 19.1 Å². The van der Waals surface area contributed by atoms with Crippen molar-refractivity contribution in [2.75, 3.05) is 0 Å². The van der Waals surface area contributed by atoms with Crippen molar-refractivity contribution in [2.45, 2.75) is 26.0 Å². The SMILES string of the molecule is C#C[C@H](C)OC(=O)CCn1nnc2ccccc2c1=O. The van der Waals surface area contributed by atoms with E-state index in [0.29, 0.717) is 10.9 Å². The van der Waals surface area contributed by atoms with E-state index >= 15 is 0 Å². The lowest BCUT2D eigenvalue weighted by atomic mass is 10.2. The maximum atomic E-state index is 12.1. The molecule has 0 aliphatic rings. The van der Waals surface area contributed by atoms with Crippen LogP contribution < -0.4 is 5.56 Å². The molecule has 2 aromatic rings. The molecule has 6 nitrogen and oxygen atoms in total. The molecular formula is C14H13N3O3. The largest absolute Gasteiger partial charge is 0.449 e. The van der Waals surface area contributed by atoms with Gasteiger partial charge in [0.2, 0.25) is 0 Å². The van der Waals surface area contributed by atoms with Crippen LogP contribution in [0.15, 0.2) is 29.1 Å². The number of ether oxygens (including phenoxy) is 1. The molecule has 0 bridgehead atoms. The van der Waals surface area contributed by atoms with Gasteiger partial charge < -0.3 is 4.74 Å². The second-order valence-electron chi connectivity index (χ2n) is 4.18. The van der Waals surface area contributed by atoms with Gasteiger partial charge in [-0.15, -0.1) is 11.5 Å². The van der Waals surface area contributed by atoms with Crippen molar-refractivity contribution in [3.63, 3.8) is 0 Å². The Bertz CT molecular complexity index is 730. The highest BCUT2D eigenvalue weighted by molar-refractivity contribution is 5.76. The maximum absolute atomic E-state index is 12.1. The molecular weight excluding hydrogens is 258 g/mol.